The molecule has 2 fully saturated rings. The lowest BCUT2D eigenvalue weighted by Crippen LogP contribution is -2.56. The molecule has 0 aromatic heterocycles. The molecule has 0 bridgehead atoms. The smallest absolute Gasteiger partial charge is 0.410 e. The summed E-state index contributed by atoms with van der Waals surface area (Å²) in [7, 11) is 0. The average molecular weight is 653 g/mol. The van der Waals surface area contributed by atoms with Crippen molar-refractivity contribution in [2.75, 3.05) is 26.2 Å². The molecule has 0 unspecified atom stereocenters. The molecular weight excluding hydrogens is 600 g/mol. The number of hydrogen-bond donors (Lipinski definition) is 5. The second-order valence-corrected chi connectivity index (χ2v) is 13.8. The Morgan fingerprint density at radius 3 is 1.61 bits per heavy atom. The van der Waals surface area contributed by atoms with E-state index in [9.17, 15) is 33.6 Å². The van der Waals surface area contributed by atoms with Crippen molar-refractivity contribution in [3.8, 4) is 0 Å². The molecule has 0 aliphatic carbocycles. The van der Waals surface area contributed by atoms with E-state index in [0.29, 0.717) is 38.6 Å². The molecule has 6 amide bonds. The Bertz CT molecular complexity index is 1140. The van der Waals surface area contributed by atoms with Crippen molar-refractivity contribution in [2.45, 2.75) is 117 Å². The first kappa shape index (κ1) is 38.3. The Morgan fingerprint density at radius 1 is 0.739 bits per heavy atom. The number of carbonyl (C=O) groups excluding carboxylic acids is 6. The van der Waals surface area contributed by atoms with Crippen LogP contribution in [0.4, 0.5) is 4.79 Å². The molecule has 0 spiro atoms. The number of amides is 6. The van der Waals surface area contributed by atoms with E-state index in [2.05, 4.69) is 21.3 Å². The number of nitrogens with zero attached hydrogens (tertiary/aromatic N) is 2. The van der Waals surface area contributed by atoms with Gasteiger partial charge in [0.05, 0.1) is 6.54 Å². The molecule has 0 aromatic rings. The summed E-state index contributed by atoms with van der Waals surface area (Å²) < 4.78 is 5.44. The van der Waals surface area contributed by atoms with Crippen molar-refractivity contribution in [1.29, 1.82) is 0 Å². The summed E-state index contributed by atoms with van der Waals surface area (Å²) in [6.07, 6.45) is 1.91. The molecule has 260 valence electrons. The maximum Gasteiger partial charge on any atom is 0.410 e. The highest BCUT2D eigenvalue weighted by Crippen LogP contribution is 2.22. The second-order valence-electron chi connectivity index (χ2n) is 13.8. The lowest BCUT2D eigenvalue weighted by Gasteiger charge is -2.29. The molecule has 2 heterocycles. The van der Waals surface area contributed by atoms with Crippen LogP contribution < -0.4 is 21.3 Å². The lowest BCUT2D eigenvalue weighted by atomic mass is 10.0. The number of rotatable bonds is 14. The molecule has 0 radical (unpaired) electrons. The summed E-state index contributed by atoms with van der Waals surface area (Å²) in [5.74, 6) is -3.87. The van der Waals surface area contributed by atoms with Gasteiger partial charge in [-0.25, -0.2) is 4.79 Å². The molecule has 15 heteroatoms. The van der Waals surface area contributed by atoms with Gasteiger partial charge in [0.25, 0.3) is 0 Å². The standard InChI is InChI=1S/C31H52N6O9/c1-18(2)14-20(35-29(44)23-11-9-13-37(23)30(45)46-31(5,6)7)26(41)32-16-24(38)36-12-8-10-22(36)28(43)34-21(15-19(3)4)27(42)33-17-25(39)40/h18-23H,8-17H2,1-7H3,(H,32,41)(H,33,42)(H,34,43)(H,35,44)(H,39,40)/t20-,21-,22-,23-/m0/s1. The average Bonchev–Trinajstić information content (AvgIpc) is 3.63. The van der Waals surface area contributed by atoms with Crippen molar-refractivity contribution >= 4 is 41.6 Å². The minimum Gasteiger partial charge on any atom is -0.480 e. The Kier molecular flexibility index (Phi) is 14.3. The number of likely N-dealkylation sites (tertiary alicyclic amines) is 2. The highest BCUT2D eigenvalue weighted by Gasteiger charge is 2.39. The topological polar surface area (TPSA) is 204 Å². The normalized spacial score (nSPS) is 19.4. The van der Waals surface area contributed by atoms with E-state index < -0.39 is 84.5 Å². The van der Waals surface area contributed by atoms with Crippen LogP contribution in [-0.2, 0) is 33.5 Å². The maximum absolute atomic E-state index is 13.2. The van der Waals surface area contributed by atoms with Gasteiger partial charge in [0.15, 0.2) is 0 Å². The minimum atomic E-state index is -1.21. The molecule has 15 nitrogen and oxygen atoms in total. The van der Waals surface area contributed by atoms with Gasteiger partial charge in [-0.05, 0) is 71.1 Å². The van der Waals surface area contributed by atoms with Gasteiger partial charge >= 0.3 is 12.1 Å². The van der Waals surface area contributed by atoms with E-state index >= 15 is 0 Å². The predicted molar refractivity (Wildman–Crippen MR) is 167 cm³/mol. The minimum absolute atomic E-state index is 0.0192. The van der Waals surface area contributed by atoms with E-state index in [1.807, 2.05) is 27.7 Å². The van der Waals surface area contributed by atoms with Crippen LogP contribution in [0.25, 0.3) is 0 Å². The predicted octanol–water partition coefficient (Wildman–Crippen LogP) is 0.756. The Hall–Kier alpha value is -3.91. The zero-order chi connectivity index (χ0) is 34.8. The van der Waals surface area contributed by atoms with Crippen molar-refractivity contribution in [1.82, 2.24) is 31.1 Å². The largest absolute Gasteiger partial charge is 0.480 e. The fourth-order valence-corrected chi connectivity index (χ4v) is 5.53. The second kappa shape index (κ2) is 17.1. The van der Waals surface area contributed by atoms with Crippen molar-refractivity contribution in [2.24, 2.45) is 11.8 Å². The van der Waals surface area contributed by atoms with Gasteiger partial charge < -0.3 is 36.0 Å². The molecule has 46 heavy (non-hydrogen) atoms. The molecule has 2 rings (SSSR count). The zero-order valence-electron chi connectivity index (χ0n) is 28.1. The van der Waals surface area contributed by atoms with Gasteiger partial charge in [-0.1, -0.05) is 27.7 Å². The third-order valence-corrected chi connectivity index (χ3v) is 7.57. The van der Waals surface area contributed by atoms with Crippen LogP contribution in [0.2, 0.25) is 0 Å². The lowest BCUT2D eigenvalue weighted by molar-refractivity contribution is -0.140. The first-order chi connectivity index (χ1) is 21.4. The van der Waals surface area contributed by atoms with Gasteiger partial charge in [-0.15, -0.1) is 0 Å². The molecule has 2 saturated heterocycles. The van der Waals surface area contributed by atoms with Gasteiger partial charge in [-0.3, -0.25) is 33.7 Å². The van der Waals surface area contributed by atoms with Crippen LogP contribution in [0, 0.1) is 11.8 Å². The number of hydrogen-bond acceptors (Lipinski definition) is 8. The number of ether oxygens (including phenoxy) is 1. The van der Waals surface area contributed by atoms with Crippen molar-refractivity contribution in [3.63, 3.8) is 0 Å². The van der Waals surface area contributed by atoms with Crippen molar-refractivity contribution < 1.29 is 43.4 Å². The molecule has 2 aliphatic heterocycles. The van der Waals surface area contributed by atoms with E-state index in [1.165, 1.54) is 9.80 Å². The van der Waals surface area contributed by atoms with Crippen LogP contribution in [0.1, 0.15) is 87.0 Å². The Morgan fingerprint density at radius 2 is 1.17 bits per heavy atom. The van der Waals surface area contributed by atoms with E-state index in [-0.39, 0.29) is 24.8 Å². The van der Waals surface area contributed by atoms with E-state index in [0.717, 1.165) is 0 Å². The number of aliphatic carboxylic acids is 1. The van der Waals surface area contributed by atoms with Crippen LogP contribution in [0.5, 0.6) is 0 Å². The quantitative estimate of drug-likeness (QED) is 0.179. The summed E-state index contributed by atoms with van der Waals surface area (Å²) >= 11 is 0. The third-order valence-electron chi connectivity index (χ3n) is 7.57. The SMILES string of the molecule is CC(C)C[C@H](NC(=O)[C@@H]1CCCN1C(=O)CNC(=O)[C@H](CC(C)C)NC(=O)[C@@H]1CCCN1C(=O)OC(C)(C)C)C(=O)NCC(=O)O. The fourth-order valence-electron chi connectivity index (χ4n) is 5.53. The highest BCUT2D eigenvalue weighted by molar-refractivity contribution is 5.95. The third kappa shape index (κ3) is 12.1. The fraction of sp³-hybridized carbons (Fsp3) is 0.774. The van der Waals surface area contributed by atoms with Gasteiger partial charge in [0.1, 0.15) is 36.3 Å². The molecule has 4 atom stereocenters. The van der Waals surface area contributed by atoms with Crippen LogP contribution >= 0.6 is 0 Å². The van der Waals surface area contributed by atoms with Crippen LogP contribution in [-0.4, -0.2) is 112 Å². The Labute approximate surface area is 270 Å². The number of carboxylic acid groups (broad SMARTS) is 1. The summed E-state index contributed by atoms with van der Waals surface area (Å²) in [5.41, 5.74) is -0.727. The number of carboxylic acids is 1. The van der Waals surface area contributed by atoms with Gasteiger partial charge in [-0.2, -0.15) is 0 Å². The zero-order valence-corrected chi connectivity index (χ0v) is 28.1. The molecule has 0 saturated carbocycles. The number of carbonyl (C=O) groups is 7. The van der Waals surface area contributed by atoms with Gasteiger partial charge in [0, 0.05) is 13.1 Å². The molecular formula is C31H52N6O9. The summed E-state index contributed by atoms with van der Waals surface area (Å²) in [4.78, 5) is 91.7. The van der Waals surface area contributed by atoms with Gasteiger partial charge in [0.2, 0.25) is 29.5 Å². The van der Waals surface area contributed by atoms with Crippen LogP contribution in [0.15, 0.2) is 0 Å². The maximum atomic E-state index is 13.2. The first-order valence-corrected chi connectivity index (χ1v) is 16.1. The Balaban J connectivity index is 2.03. The molecule has 5 N–H and O–H groups in total. The van der Waals surface area contributed by atoms with Crippen molar-refractivity contribution in [3.05, 3.63) is 0 Å². The molecule has 0 aromatic carbocycles. The first-order valence-electron chi connectivity index (χ1n) is 16.1. The summed E-state index contributed by atoms with van der Waals surface area (Å²) in [5, 5.41) is 19.2. The van der Waals surface area contributed by atoms with E-state index in [1.54, 1.807) is 20.8 Å². The summed E-state index contributed by atoms with van der Waals surface area (Å²) in [6.45, 7) is 12.4. The van der Waals surface area contributed by atoms with E-state index in [4.69, 9.17) is 9.84 Å². The highest BCUT2D eigenvalue weighted by atomic mass is 16.6. The van der Waals surface area contributed by atoms with Crippen LogP contribution in [0.3, 0.4) is 0 Å². The summed E-state index contributed by atoms with van der Waals surface area (Å²) in [6, 6.07) is -3.58. The number of nitrogens with one attached hydrogen (secondary N) is 4. The monoisotopic (exact) mass is 652 g/mol. The molecule has 2 aliphatic rings.